The molecule has 0 saturated carbocycles. The Morgan fingerprint density at radius 3 is 2.87 bits per heavy atom. The number of phenols is 1. The summed E-state index contributed by atoms with van der Waals surface area (Å²) < 4.78 is 0. The number of hydrogen-bond acceptors (Lipinski definition) is 3. The number of rotatable bonds is 2. The van der Waals surface area contributed by atoms with Gasteiger partial charge in [-0.05, 0) is 23.8 Å². The molecule has 0 atom stereocenters. The normalized spacial score (nSPS) is 14.1. The van der Waals surface area contributed by atoms with Crippen LogP contribution >= 0.6 is 0 Å². The molecule has 0 aliphatic carbocycles. The summed E-state index contributed by atoms with van der Waals surface area (Å²) in [5, 5.41) is 17.8. The molecule has 2 rings (SSSR count). The van der Waals surface area contributed by atoms with Crippen molar-refractivity contribution in [1.29, 1.82) is 0 Å². The van der Waals surface area contributed by atoms with E-state index in [0.29, 0.717) is 11.3 Å². The highest BCUT2D eigenvalue weighted by Crippen LogP contribution is 2.31. The topological polar surface area (TPSA) is 77.8 Å². The number of anilines is 1. The number of carbonyl (C=O) groups excluding carboxylic acids is 1. The zero-order valence-electron chi connectivity index (χ0n) is 7.80. The third-order valence-electron chi connectivity index (χ3n) is 2.29. The Hall–Kier alpha value is -2.04. The Balaban J connectivity index is 2.37. The van der Waals surface area contributed by atoms with E-state index in [1.165, 1.54) is 17.0 Å². The van der Waals surface area contributed by atoms with Gasteiger partial charge in [0, 0.05) is 5.69 Å². The molecule has 1 aliphatic rings. The predicted octanol–water partition coefficient (Wildman–Crippen LogP) is 0.366. The van der Waals surface area contributed by atoms with Crippen molar-refractivity contribution in [3.8, 4) is 5.75 Å². The molecule has 78 valence electrons. The maximum atomic E-state index is 11.5. The van der Waals surface area contributed by atoms with Crippen molar-refractivity contribution in [2.75, 3.05) is 11.4 Å². The van der Waals surface area contributed by atoms with Crippen molar-refractivity contribution < 1.29 is 19.8 Å². The molecule has 0 unspecified atom stereocenters. The highest BCUT2D eigenvalue weighted by molar-refractivity contribution is 6.04. The number of hydrogen-bond donors (Lipinski definition) is 2. The lowest BCUT2D eigenvalue weighted by Gasteiger charge is -2.14. The Kier molecular flexibility index (Phi) is 2.07. The number of fused-ring (bicyclic) bond motifs is 1. The average molecular weight is 207 g/mol. The molecule has 0 fully saturated rings. The summed E-state index contributed by atoms with van der Waals surface area (Å²) in [6, 6.07) is 4.47. The van der Waals surface area contributed by atoms with Gasteiger partial charge in [-0.15, -0.1) is 0 Å². The van der Waals surface area contributed by atoms with Gasteiger partial charge in [-0.25, -0.2) is 0 Å². The SMILES string of the molecule is O=C(O)CN1C(=O)Cc2cc(O)ccc21. The van der Waals surface area contributed by atoms with Crippen LogP contribution in [-0.2, 0) is 16.0 Å². The molecular weight excluding hydrogens is 198 g/mol. The minimum absolute atomic E-state index is 0.0822. The first-order valence-electron chi connectivity index (χ1n) is 4.42. The summed E-state index contributed by atoms with van der Waals surface area (Å²) in [6.45, 7) is -0.337. The van der Waals surface area contributed by atoms with Crippen LogP contribution in [0.25, 0.3) is 0 Å². The van der Waals surface area contributed by atoms with Crippen LogP contribution in [-0.4, -0.2) is 28.6 Å². The molecule has 0 spiro atoms. The molecule has 0 radical (unpaired) electrons. The molecule has 1 aromatic carbocycles. The Morgan fingerprint density at radius 2 is 2.20 bits per heavy atom. The van der Waals surface area contributed by atoms with Crippen molar-refractivity contribution in [3.63, 3.8) is 0 Å². The van der Waals surface area contributed by atoms with E-state index in [1.807, 2.05) is 0 Å². The van der Waals surface area contributed by atoms with E-state index in [2.05, 4.69) is 0 Å². The number of carboxylic acids is 1. The highest BCUT2D eigenvalue weighted by atomic mass is 16.4. The molecule has 0 bridgehead atoms. The van der Waals surface area contributed by atoms with Crippen LogP contribution in [0.3, 0.4) is 0 Å². The Bertz CT molecular complexity index is 441. The molecule has 15 heavy (non-hydrogen) atoms. The lowest BCUT2D eigenvalue weighted by atomic mass is 10.1. The maximum absolute atomic E-state index is 11.5. The molecular formula is C10H9NO4. The fourth-order valence-electron chi connectivity index (χ4n) is 1.68. The van der Waals surface area contributed by atoms with Crippen LogP contribution < -0.4 is 4.90 Å². The molecule has 1 amide bonds. The van der Waals surface area contributed by atoms with Gasteiger partial charge in [-0.2, -0.15) is 0 Å². The van der Waals surface area contributed by atoms with E-state index < -0.39 is 5.97 Å². The number of nitrogens with zero attached hydrogens (tertiary/aromatic N) is 1. The van der Waals surface area contributed by atoms with Crippen molar-refractivity contribution >= 4 is 17.6 Å². The second-order valence-electron chi connectivity index (χ2n) is 3.36. The minimum atomic E-state index is -1.05. The summed E-state index contributed by atoms with van der Waals surface area (Å²) in [5.74, 6) is -1.22. The van der Waals surface area contributed by atoms with Gasteiger partial charge in [-0.1, -0.05) is 0 Å². The lowest BCUT2D eigenvalue weighted by molar-refractivity contribution is -0.136. The number of aliphatic carboxylic acids is 1. The number of carboxylic acid groups (broad SMARTS) is 1. The molecule has 1 aliphatic heterocycles. The first-order chi connectivity index (χ1) is 7.08. The van der Waals surface area contributed by atoms with Gasteiger partial charge in [-0.3, -0.25) is 9.59 Å². The van der Waals surface area contributed by atoms with E-state index in [9.17, 15) is 14.7 Å². The van der Waals surface area contributed by atoms with Crippen molar-refractivity contribution in [2.24, 2.45) is 0 Å². The second-order valence-corrected chi connectivity index (χ2v) is 3.36. The highest BCUT2D eigenvalue weighted by Gasteiger charge is 2.28. The van der Waals surface area contributed by atoms with Gasteiger partial charge < -0.3 is 15.1 Å². The first-order valence-corrected chi connectivity index (χ1v) is 4.42. The van der Waals surface area contributed by atoms with Crippen LogP contribution in [0.4, 0.5) is 5.69 Å². The monoisotopic (exact) mass is 207 g/mol. The van der Waals surface area contributed by atoms with Crippen LogP contribution in [0, 0.1) is 0 Å². The molecule has 1 heterocycles. The minimum Gasteiger partial charge on any atom is -0.508 e. The summed E-state index contributed by atoms with van der Waals surface area (Å²) in [4.78, 5) is 23.2. The maximum Gasteiger partial charge on any atom is 0.323 e. The van der Waals surface area contributed by atoms with Gasteiger partial charge in [0.05, 0.1) is 6.42 Å². The van der Waals surface area contributed by atoms with Gasteiger partial charge in [0.1, 0.15) is 12.3 Å². The van der Waals surface area contributed by atoms with Crippen LogP contribution in [0.1, 0.15) is 5.56 Å². The molecule has 0 aromatic heterocycles. The number of amides is 1. The third-order valence-corrected chi connectivity index (χ3v) is 2.29. The molecule has 5 heteroatoms. The summed E-state index contributed by atoms with van der Waals surface area (Å²) >= 11 is 0. The predicted molar refractivity (Wildman–Crippen MR) is 51.8 cm³/mol. The number of carbonyl (C=O) groups is 2. The van der Waals surface area contributed by atoms with E-state index >= 15 is 0 Å². The van der Waals surface area contributed by atoms with Gasteiger partial charge in [0.25, 0.3) is 0 Å². The lowest BCUT2D eigenvalue weighted by Crippen LogP contribution is -2.32. The molecule has 2 N–H and O–H groups in total. The van der Waals surface area contributed by atoms with Crippen molar-refractivity contribution in [1.82, 2.24) is 0 Å². The van der Waals surface area contributed by atoms with Gasteiger partial charge in [0.2, 0.25) is 5.91 Å². The van der Waals surface area contributed by atoms with Crippen molar-refractivity contribution in [2.45, 2.75) is 6.42 Å². The van der Waals surface area contributed by atoms with E-state index in [-0.39, 0.29) is 24.6 Å². The van der Waals surface area contributed by atoms with Gasteiger partial charge >= 0.3 is 5.97 Å². The summed E-state index contributed by atoms with van der Waals surface area (Å²) in [5.41, 5.74) is 1.24. The molecule has 5 nitrogen and oxygen atoms in total. The van der Waals surface area contributed by atoms with E-state index in [1.54, 1.807) is 6.07 Å². The largest absolute Gasteiger partial charge is 0.508 e. The third kappa shape index (κ3) is 1.63. The number of phenolic OH excluding ortho intramolecular Hbond substituents is 1. The average Bonchev–Trinajstić information content (AvgIpc) is 2.41. The first kappa shape index (κ1) is 9.51. The second kappa shape index (κ2) is 3.27. The number of aromatic hydroxyl groups is 1. The summed E-state index contributed by atoms with van der Waals surface area (Å²) in [7, 11) is 0. The fraction of sp³-hybridized carbons (Fsp3) is 0.200. The standard InChI is InChI=1S/C10H9NO4/c12-7-1-2-8-6(3-7)4-9(13)11(8)5-10(14)15/h1-3,12H,4-5H2,(H,14,15). The fourth-order valence-corrected chi connectivity index (χ4v) is 1.68. The van der Waals surface area contributed by atoms with Crippen molar-refractivity contribution in [3.05, 3.63) is 23.8 Å². The Labute approximate surface area is 85.6 Å². The molecule has 0 saturated heterocycles. The summed E-state index contributed by atoms with van der Waals surface area (Å²) in [6.07, 6.45) is 0.150. The van der Waals surface area contributed by atoms with E-state index in [4.69, 9.17) is 5.11 Å². The number of benzene rings is 1. The van der Waals surface area contributed by atoms with Crippen LogP contribution in [0.15, 0.2) is 18.2 Å². The van der Waals surface area contributed by atoms with Crippen LogP contribution in [0.5, 0.6) is 5.75 Å². The molecule has 1 aromatic rings. The Morgan fingerprint density at radius 1 is 1.47 bits per heavy atom. The smallest absolute Gasteiger partial charge is 0.323 e. The quantitative estimate of drug-likeness (QED) is 0.734. The van der Waals surface area contributed by atoms with Crippen LogP contribution in [0.2, 0.25) is 0 Å². The zero-order valence-corrected chi connectivity index (χ0v) is 7.80. The van der Waals surface area contributed by atoms with Gasteiger partial charge in [0.15, 0.2) is 0 Å². The van der Waals surface area contributed by atoms with E-state index in [0.717, 1.165) is 0 Å². The zero-order chi connectivity index (χ0) is 11.0.